The molecule has 90 valence electrons. The first-order chi connectivity index (χ1) is 7.24. The topological polar surface area (TPSA) is 40.5 Å². The van der Waals surface area contributed by atoms with E-state index in [0.717, 1.165) is 0 Å². The molecule has 0 saturated carbocycles. The minimum Gasteiger partial charge on any atom is -0.387 e. The second kappa shape index (κ2) is 4.52. The van der Waals surface area contributed by atoms with Gasteiger partial charge in [0.1, 0.15) is 5.82 Å². The van der Waals surface area contributed by atoms with Crippen LogP contribution < -0.4 is 0 Å². The molecular formula is C13H19FO2. The van der Waals surface area contributed by atoms with E-state index in [-0.39, 0.29) is 5.82 Å². The van der Waals surface area contributed by atoms with Crippen molar-refractivity contribution in [2.45, 2.75) is 44.8 Å². The van der Waals surface area contributed by atoms with Gasteiger partial charge in [-0.25, -0.2) is 4.39 Å². The molecule has 1 aromatic carbocycles. The van der Waals surface area contributed by atoms with Crippen molar-refractivity contribution >= 4 is 0 Å². The van der Waals surface area contributed by atoms with Crippen LogP contribution in [0.25, 0.3) is 0 Å². The van der Waals surface area contributed by atoms with Crippen LogP contribution in [-0.2, 0) is 6.42 Å². The van der Waals surface area contributed by atoms with Crippen molar-refractivity contribution in [2.75, 3.05) is 0 Å². The number of aryl methyl sites for hydroxylation is 1. The van der Waals surface area contributed by atoms with Gasteiger partial charge in [0.25, 0.3) is 0 Å². The van der Waals surface area contributed by atoms with Gasteiger partial charge in [-0.15, -0.1) is 0 Å². The number of aliphatic hydroxyl groups is 2. The summed E-state index contributed by atoms with van der Waals surface area (Å²) in [6.07, 6.45) is 0.723. The van der Waals surface area contributed by atoms with Crippen LogP contribution in [-0.4, -0.2) is 21.4 Å². The first kappa shape index (κ1) is 13.1. The second-order valence-electron chi connectivity index (χ2n) is 4.92. The molecule has 0 aliphatic carbocycles. The molecular weight excluding hydrogens is 207 g/mol. The van der Waals surface area contributed by atoms with Gasteiger partial charge in [0.15, 0.2) is 0 Å². The third-order valence-electron chi connectivity index (χ3n) is 3.16. The summed E-state index contributed by atoms with van der Waals surface area (Å²) in [7, 11) is 0. The van der Waals surface area contributed by atoms with E-state index in [1.807, 2.05) is 0 Å². The number of benzene rings is 1. The van der Waals surface area contributed by atoms with Gasteiger partial charge in [-0.05, 0) is 45.2 Å². The Kier molecular flexibility index (Phi) is 3.71. The van der Waals surface area contributed by atoms with Gasteiger partial charge in [0, 0.05) is 0 Å². The maximum atomic E-state index is 13.3. The van der Waals surface area contributed by atoms with Crippen LogP contribution in [0.4, 0.5) is 4.39 Å². The van der Waals surface area contributed by atoms with Crippen LogP contribution in [0.2, 0.25) is 0 Å². The standard InChI is InChI=1S/C13H19FO2/c1-12(2,15)13(3,16)9-8-10-6-4-5-7-11(10)14/h4-7,15-16H,8-9H2,1-3H3. The molecule has 1 unspecified atom stereocenters. The maximum absolute atomic E-state index is 13.3. The van der Waals surface area contributed by atoms with E-state index < -0.39 is 11.2 Å². The quantitative estimate of drug-likeness (QED) is 0.827. The number of rotatable bonds is 4. The minimum absolute atomic E-state index is 0.269. The predicted octanol–water partition coefficient (Wildman–Crippen LogP) is 2.28. The molecule has 1 atom stereocenters. The molecule has 1 rings (SSSR count). The first-order valence-electron chi connectivity index (χ1n) is 5.42. The number of halogens is 1. The molecule has 0 radical (unpaired) electrons. The lowest BCUT2D eigenvalue weighted by molar-refractivity contribution is -0.123. The highest BCUT2D eigenvalue weighted by molar-refractivity contribution is 5.17. The Balaban J connectivity index is 2.69. The summed E-state index contributed by atoms with van der Waals surface area (Å²) in [5.41, 5.74) is -1.86. The predicted molar refractivity (Wildman–Crippen MR) is 61.6 cm³/mol. The number of hydrogen-bond donors (Lipinski definition) is 2. The molecule has 16 heavy (non-hydrogen) atoms. The normalized spacial score (nSPS) is 15.9. The van der Waals surface area contributed by atoms with Gasteiger partial charge in [-0.3, -0.25) is 0 Å². The lowest BCUT2D eigenvalue weighted by Crippen LogP contribution is -2.47. The smallest absolute Gasteiger partial charge is 0.126 e. The fourth-order valence-corrected chi connectivity index (χ4v) is 1.39. The SMILES string of the molecule is CC(C)(O)C(C)(O)CCc1ccccc1F. The highest BCUT2D eigenvalue weighted by Gasteiger charge is 2.36. The van der Waals surface area contributed by atoms with Crippen molar-refractivity contribution in [3.05, 3.63) is 35.6 Å². The molecule has 0 aromatic heterocycles. The summed E-state index contributed by atoms with van der Waals surface area (Å²) in [6, 6.07) is 6.48. The molecule has 0 bridgehead atoms. The zero-order valence-corrected chi connectivity index (χ0v) is 10.00. The van der Waals surface area contributed by atoms with Crippen molar-refractivity contribution in [1.29, 1.82) is 0 Å². The van der Waals surface area contributed by atoms with Gasteiger partial charge in [-0.1, -0.05) is 18.2 Å². The summed E-state index contributed by atoms with van der Waals surface area (Å²) in [5.74, 6) is -0.269. The van der Waals surface area contributed by atoms with Crippen molar-refractivity contribution in [1.82, 2.24) is 0 Å². The van der Waals surface area contributed by atoms with Gasteiger partial charge in [-0.2, -0.15) is 0 Å². The van der Waals surface area contributed by atoms with Gasteiger partial charge in [0.2, 0.25) is 0 Å². The van der Waals surface area contributed by atoms with E-state index in [1.165, 1.54) is 6.07 Å². The average molecular weight is 226 g/mol. The third-order valence-corrected chi connectivity index (χ3v) is 3.16. The van der Waals surface area contributed by atoms with E-state index >= 15 is 0 Å². The van der Waals surface area contributed by atoms with Crippen molar-refractivity contribution < 1.29 is 14.6 Å². The fraction of sp³-hybridized carbons (Fsp3) is 0.538. The van der Waals surface area contributed by atoms with E-state index in [1.54, 1.807) is 39.0 Å². The molecule has 0 aliphatic rings. The Bertz CT molecular complexity index is 353. The summed E-state index contributed by atoms with van der Waals surface area (Å²) in [5, 5.41) is 19.8. The van der Waals surface area contributed by atoms with Crippen molar-refractivity contribution in [3.63, 3.8) is 0 Å². The molecule has 1 aromatic rings. The molecule has 0 heterocycles. The van der Waals surface area contributed by atoms with Crippen LogP contribution in [0.1, 0.15) is 32.8 Å². The maximum Gasteiger partial charge on any atom is 0.126 e. The van der Waals surface area contributed by atoms with Crippen LogP contribution in [0, 0.1) is 5.82 Å². The molecule has 2 N–H and O–H groups in total. The number of hydrogen-bond acceptors (Lipinski definition) is 2. The van der Waals surface area contributed by atoms with Gasteiger partial charge >= 0.3 is 0 Å². The summed E-state index contributed by atoms with van der Waals surface area (Å²) < 4.78 is 13.3. The molecule has 0 fully saturated rings. The van der Waals surface area contributed by atoms with E-state index in [9.17, 15) is 14.6 Å². The lowest BCUT2D eigenvalue weighted by atomic mass is 9.83. The van der Waals surface area contributed by atoms with Gasteiger partial charge < -0.3 is 10.2 Å². The third kappa shape index (κ3) is 3.03. The van der Waals surface area contributed by atoms with Crippen LogP contribution in [0.3, 0.4) is 0 Å². The van der Waals surface area contributed by atoms with Gasteiger partial charge in [0.05, 0.1) is 11.2 Å². The van der Waals surface area contributed by atoms with Crippen LogP contribution in [0.15, 0.2) is 24.3 Å². The average Bonchev–Trinajstić information content (AvgIpc) is 2.15. The van der Waals surface area contributed by atoms with Crippen molar-refractivity contribution in [3.8, 4) is 0 Å². The molecule has 0 spiro atoms. The lowest BCUT2D eigenvalue weighted by Gasteiger charge is -2.35. The Labute approximate surface area is 95.7 Å². The Morgan fingerprint density at radius 3 is 2.19 bits per heavy atom. The van der Waals surface area contributed by atoms with Crippen LogP contribution >= 0.6 is 0 Å². The molecule has 0 aliphatic heterocycles. The van der Waals surface area contributed by atoms with E-state index in [0.29, 0.717) is 18.4 Å². The van der Waals surface area contributed by atoms with Crippen LogP contribution in [0.5, 0.6) is 0 Å². The molecule has 3 heteroatoms. The molecule has 0 amide bonds. The van der Waals surface area contributed by atoms with E-state index in [4.69, 9.17) is 0 Å². The Hall–Kier alpha value is -0.930. The second-order valence-corrected chi connectivity index (χ2v) is 4.92. The Morgan fingerprint density at radius 1 is 1.12 bits per heavy atom. The fourth-order valence-electron chi connectivity index (χ4n) is 1.39. The molecule has 2 nitrogen and oxygen atoms in total. The highest BCUT2D eigenvalue weighted by Crippen LogP contribution is 2.26. The van der Waals surface area contributed by atoms with Crippen molar-refractivity contribution in [2.24, 2.45) is 0 Å². The Morgan fingerprint density at radius 2 is 1.69 bits per heavy atom. The zero-order valence-electron chi connectivity index (χ0n) is 10.00. The summed E-state index contributed by atoms with van der Waals surface area (Å²) >= 11 is 0. The minimum atomic E-state index is -1.23. The van der Waals surface area contributed by atoms with E-state index in [2.05, 4.69) is 0 Å². The molecule has 0 saturated heterocycles. The monoisotopic (exact) mass is 226 g/mol. The largest absolute Gasteiger partial charge is 0.387 e. The summed E-state index contributed by atoms with van der Waals surface area (Å²) in [6.45, 7) is 4.66. The summed E-state index contributed by atoms with van der Waals surface area (Å²) in [4.78, 5) is 0. The highest BCUT2D eigenvalue weighted by atomic mass is 19.1. The first-order valence-corrected chi connectivity index (χ1v) is 5.42. The zero-order chi connectivity index (χ0) is 12.4.